The number of methoxy groups -OCH3 is 1. The van der Waals surface area contributed by atoms with Crippen LogP contribution in [0.25, 0.3) is 10.9 Å². The molecular weight excluding hydrogens is 470 g/mol. The van der Waals surface area contributed by atoms with Gasteiger partial charge in [0.15, 0.2) is 0 Å². The van der Waals surface area contributed by atoms with E-state index in [1.165, 1.54) is 0 Å². The van der Waals surface area contributed by atoms with Gasteiger partial charge in [0.1, 0.15) is 12.3 Å². The van der Waals surface area contributed by atoms with Crippen molar-refractivity contribution in [2.45, 2.75) is 51.6 Å². The Bertz CT molecular complexity index is 1220. The molecule has 0 unspecified atom stereocenters. The van der Waals surface area contributed by atoms with Crippen molar-refractivity contribution >= 4 is 28.7 Å². The van der Waals surface area contributed by atoms with Crippen molar-refractivity contribution in [1.29, 1.82) is 0 Å². The summed E-state index contributed by atoms with van der Waals surface area (Å²) in [6.07, 6.45) is 4.53. The molecule has 8 heteroatoms. The minimum Gasteiger partial charge on any atom is -0.497 e. The van der Waals surface area contributed by atoms with Gasteiger partial charge in [-0.2, -0.15) is 0 Å². The fraction of sp³-hybridized carbons (Fsp3) is 0.414. The highest BCUT2D eigenvalue weighted by molar-refractivity contribution is 5.87. The lowest BCUT2D eigenvalue weighted by atomic mass is 10.1. The van der Waals surface area contributed by atoms with Crippen LogP contribution in [0.15, 0.2) is 54.7 Å². The Hall–Kier alpha value is -3.81. The summed E-state index contributed by atoms with van der Waals surface area (Å²) in [5.74, 6) is 0.0854. The number of nitrogens with zero attached hydrogens (tertiary/aromatic N) is 2. The normalized spacial score (nSPS) is 12.8. The molecule has 37 heavy (non-hydrogen) atoms. The topological polar surface area (TPSA) is 91.9 Å². The van der Waals surface area contributed by atoms with Gasteiger partial charge in [-0.3, -0.25) is 14.4 Å². The Morgan fingerprint density at radius 1 is 1.00 bits per heavy atom. The molecule has 1 heterocycles. The van der Waals surface area contributed by atoms with Crippen molar-refractivity contribution < 1.29 is 23.9 Å². The molecule has 1 fully saturated rings. The first-order chi connectivity index (χ1) is 18.0. The smallest absolute Gasteiger partial charge is 0.306 e. The molecule has 1 N–H and O–H groups in total. The molecule has 0 spiro atoms. The van der Waals surface area contributed by atoms with Crippen LogP contribution in [0.3, 0.4) is 0 Å². The van der Waals surface area contributed by atoms with Crippen LogP contribution in [0.5, 0.6) is 5.75 Å². The van der Waals surface area contributed by atoms with Crippen LogP contribution >= 0.6 is 0 Å². The van der Waals surface area contributed by atoms with Crippen molar-refractivity contribution in [2.75, 3.05) is 26.8 Å². The Kier molecular flexibility index (Phi) is 8.82. The van der Waals surface area contributed by atoms with Crippen molar-refractivity contribution in [3.8, 4) is 5.75 Å². The monoisotopic (exact) mass is 505 g/mol. The van der Waals surface area contributed by atoms with Gasteiger partial charge in [-0.15, -0.1) is 0 Å². The van der Waals surface area contributed by atoms with Gasteiger partial charge in [-0.25, -0.2) is 0 Å². The average Bonchev–Trinajstić information content (AvgIpc) is 3.68. The van der Waals surface area contributed by atoms with Crippen LogP contribution < -0.4 is 4.74 Å². The van der Waals surface area contributed by atoms with Crippen LogP contribution in [-0.4, -0.2) is 65.4 Å². The molecule has 1 aliphatic carbocycles. The third kappa shape index (κ3) is 7.12. The summed E-state index contributed by atoms with van der Waals surface area (Å²) in [5, 5.41) is 1.15. The third-order valence-electron chi connectivity index (χ3n) is 6.67. The molecule has 3 aromatic rings. The maximum atomic E-state index is 13.6. The summed E-state index contributed by atoms with van der Waals surface area (Å²) < 4.78 is 10.2. The second kappa shape index (κ2) is 12.4. The number of para-hydroxylation sites is 1. The lowest BCUT2D eigenvalue weighted by molar-refractivity contribution is -0.146. The molecule has 4 rings (SSSR count). The van der Waals surface area contributed by atoms with E-state index in [0.717, 1.165) is 40.6 Å². The SMILES string of the molecule is CCOC(=O)CCC(=O)N(CC(=O)N(CCc1c[nH]c2ccccc12)Cc1ccc(OC)cc1)C1CC1. The number of H-pyrrole nitrogens is 1. The number of benzene rings is 2. The van der Waals surface area contributed by atoms with E-state index in [1.807, 2.05) is 53.6 Å². The van der Waals surface area contributed by atoms with Gasteiger partial charge in [-0.1, -0.05) is 30.3 Å². The first-order valence-corrected chi connectivity index (χ1v) is 12.9. The van der Waals surface area contributed by atoms with Crippen LogP contribution in [0.4, 0.5) is 0 Å². The van der Waals surface area contributed by atoms with E-state index in [-0.39, 0.29) is 43.8 Å². The predicted molar refractivity (Wildman–Crippen MR) is 141 cm³/mol. The molecule has 8 nitrogen and oxygen atoms in total. The number of rotatable bonds is 13. The molecule has 1 aliphatic rings. The van der Waals surface area contributed by atoms with Gasteiger partial charge in [0.2, 0.25) is 11.8 Å². The summed E-state index contributed by atoms with van der Waals surface area (Å²) in [6, 6.07) is 15.8. The van der Waals surface area contributed by atoms with E-state index >= 15 is 0 Å². The second-order valence-corrected chi connectivity index (χ2v) is 9.33. The number of hydrogen-bond acceptors (Lipinski definition) is 5. The van der Waals surface area contributed by atoms with Crippen LogP contribution in [-0.2, 0) is 32.1 Å². The summed E-state index contributed by atoms with van der Waals surface area (Å²) in [6.45, 7) is 2.98. The van der Waals surface area contributed by atoms with Crippen molar-refractivity contribution in [2.24, 2.45) is 0 Å². The number of hydrogen-bond donors (Lipinski definition) is 1. The Morgan fingerprint density at radius 3 is 2.46 bits per heavy atom. The first kappa shape index (κ1) is 26.3. The van der Waals surface area contributed by atoms with Gasteiger partial charge in [-0.05, 0) is 55.5 Å². The summed E-state index contributed by atoms with van der Waals surface area (Å²) in [4.78, 5) is 45.0. The number of fused-ring (bicyclic) bond motifs is 1. The summed E-state index contributed by atoms with van der Waals surface area (Å²) >= 11 is 0. The molecular formula is C29H35N3O5. The highest BCUT2D eigenvalue weighted by Gasteiger charge is 2.34. The number of esters is 1. The molecule has 2 amide bonds. The molecule has 2 aromatic carbocycles. The number of aromatic amines is 1. The quantitative estimate of drug-likeness (QED) is 0.354. The third-order valence-corrected chi connectivity index (χ3v) is 6.67. The van der Waals surface area contributed by atoms with Crippen molar-refractivity contribution in [3.05, 3.63) is 65.9 Å². The minimum atomic E-state index is -0.391. The fourth-order valence-corrected chi connectivity index (χ4v) is 4.48. The number of carbonyl (C=O) groups excluding carboxylic acids is 3. The van der Waals surface area contributed by atoms with Crippen molar-refractivity contribution in [1.82, 2.24) is 14.8 Å². The van der Waals surface area contributed by atoms with Gasteiger partial charge < -0.3 is 24.3 Å². The second-order valence-electron chi connectivity index (χ2n) is 9.33. The largest absolute Gasteiger partial charge is 0.497 e. The Balaban J connectivity index is 1.46. The summed E-state index contributed by atoms with van der Waals surface area (Å²) in [7, 11) is 1.62. The highest BCUT2D eigenvalue weighted by Crippen LogP contribution is 2.28. The number of ether oxygens (including phenoxy) is 2. The van der Waals surface area contributed by atoms with Gasteiger partial charge in [0.05, 0.1) is 20.1 Å². The average molecular weight is 506 g/mol. The standard InChI is InChI=1S/C29H35N3O5/c1-3-37-29(35)15-14-27(33)32(23-10-11-23)20-28(34)31(19-21-8-12-24(36-2)13-9-21)17-16-22-18-30-26-7-5-4-6-25(22)26/h4-9,12-13,18,23,30H,3,10-11,14-17,19-20H2,1-2H3. The molecule has 0 bridgehead atoms. The molecule has 0 saturated heterocycles. The van der Waals surface area contributed by atoms with Crippen LogP contribution in [0.1, 0.15) is 43.7 Å². The zero-order valence-corrected chi connectivity index (χ0v) is 21.6. The lowest BCUT2D eigenvalue weighted by Gasteiger charge is -2.28. The van der Waals surface area contributed by atoms with E-state index in [1.54, 1.807) is 18.9 Å². The molecule has 0 atom stereocenters. The number of carbonyl (C=O) groups is 3. The zero-order chi connectivity index (χ0) is 26.2. The molecule has 1 aromatic heterocycles. The predicted octanol–water partition coefficient (Wildman–Crippen LogP) is 4.08. The number of nitrogens with one attached hydrogen (secondary N) is 1. The van der Waals surface area contributed by atoms with Gasteiger partial charge in [0, 0.05) is 42.7 Å². The van der Waals surface area contributed by atoms with Gasteiger partial charge >= 0.3 is 5.97 Å². The van der Waals surface area contributed by atoms with Crippen LogP contribution in [0.2, 0.25) is 0 Å². The lowest BCUT2D eigenvalue weighted by Crippen LogP contribution is -2.44. The van der Waals surface area contributed by atoms with E-state index in [4.69, 9.17) is 9.47 Å². The van der Waals surface area contributed by atoms with E-state index in [9.17, 15) is 14.4 Å². The molecule has 0 aliphatic heterocycles. The summed E-state index contributed by atoms with van der Waals surface area (Å²) in [5.41, 5.74) is 3.20. The minimum absolute atomic E-state index is 0.0103. The van der Waals surface area contributed by atoms with E-state index in [2.05, 4.69) is 11.1 Å². The Morgan fingerprint density at radius 2 is 1.76 bits per heavy atom. The Labute approximate surface area is 217 Å². The zero-order valence-electron chi connectivity index (χ0n) is 21.6. The first-order valence-electron chi connectivity index (χ1n) is 12.9. The van der Waals surface area contributed by atoms with Gasteiger partial charge in [0.25, 0.3) is 0 Å². The van der Waals surface area contributed by atoms with E-state index in [0.29, 0.717) is 19.5 Å². The number of aromatic nitrogens is 1. The maximum absolute atomic E-state index is 13.6. The maximum Gasteiger partial charge on any atom is 0.306 e. The van der Waals surface area contributed by atoms with Crippen molar-refractivity contribution in [3.63, 3.8) is 0 Å². The fourth-order valence-electron chi connectivity index (χ4n) is 4.48. The number of amides is 2. The molecule has 0 radical (unpaired) electrons. The molecule has 1 saturated carbocycles. The highest BCUT2D eigenvalue weighted by atomic mass is 16.5. The van der Waals surface area contributed by atoms with E-state index < -0.39 is 5.97 Å². The molecule has 196 valence electrons. The van der Waals surface area contributed by atoms with Crippen LogP contribution in [0, 0.1) is 0 Å².